The summed E-state index contributed by atoms with van der Waals surface area (Å²) in [6.07, 6.45) is 11.2. The van der Waals surface area contributed by atoms with Gasteiger partial charge in [0.2, 0.25) is 5.91 Å². The van der Waals surface area contributed by atoms with Crippen LogP contribution in [0.1, 0.15) is 16.7 Å². The summed E-state index contributed by atoms with van der Waals surface area (Å²) in [4.78, 5) is 16.3. The Morgan fingerprint density at radius 1 is 1.22 bits per heavy atom. The topological polar surface area (TPSA) is 142 Å². The second kappa shape index (κ2) is 9.47. The standard InChI is InChI=1S/C20H20N6O/c21-8-6-19(24)14-2-1-3-17(10-14)26-20(27)5-4-15-13-25-9-7-18(15)16(11-22)12-23/h1-13,21-22H,23-24H2,(H,26,27)/b5-4+,16-12?,19-6?,21-8?,22-11?. The Labute approximate surface area is 157 Å². The number of anilines is 1. The molecule has 1 aromatic carbocycles. The summed E-state index contributed by atoms with van der Waals surface area (Å²) in [7, 11) is 0. The minimum atomic E-state index is -0.329. The van der Waals surface area contributed by atoms with E-state index in [-0.39, 0.29) is 5.91 Å². The molecule has 0 radical (unpaired) electrons. The molecule has 7 N–H and O–H groups in total. The van der Waals surface area contributed by atoms with Gasteiger partial charge in [-0.15, -0.1) is 0 Å². The molecule has 0 fully saturated rings. The molecule has 27 heavy (non-hydrogen) atoms. The fraction of sp³-hybridized carbons (Fsp3) is 0. The lowest BCUT2D eigenvalue weighted by Crippen LogP contribution is -2.08. The predicted molar refractivity (Wildman–Crippen MR) is 110 cm³/mol. The van der Waals surface area contributed by atoms with E-state index in [2.05, 4.69) is 10.3 Å². The monoisotopic (exact) mass is 360 g/mol. The number of allylic oxidation sites excluding steroid dienone is 2. The number of rotatable bonds is 7. The van der Waals surface area contributed by atoms with Crippen LogP contribution in [0.5, 0.6) is 0 Å². The van der Waals surface area contributed by atoms with E-state index in [1.54, 1.807) is 48.8 Å². The van der Waals surface area contributed by atoms with Crippen LogP contribution in [-0.4, -0.2) is 23.3 Å². The molecule has 136 valence electrons. The Morgan fingerprint density at radius 3 is 2.74 bits per heavy atom. The molecule has 0 aliphatic heterocycles. The number of carbonyl (C=O) groups is 1. The van der Waals surface area contributed by atoms with Crippen LogP contribution in [0.2, 0.25) is 0 Å². The van der Waals surface area contributed by atoms with Crippen molar-refractivity contribution in [1.82, 2.24) is 4.98 Å². The van der Waals surface area contributed by atoms with Crippen LogP contribution in [0.4, 0.5) is 5.69 Å². The van der Waals surface area contributed by atoms with E-state index in [1.807, 2.05) is 0 Å². The molecule has 0 saturated heterocycles. The van der Waals surface area contributed by atoms with Gasteiger partial charge in [-0.2, -0.15) is 0 Å². The third-order valence-corrected chi connectivity index (χ3v) is 3.64. The van der Waals surface area contributed by atoms with E-state index in [1.165, 1.54) is 18.4 Å². The Morgan fingerprint density at radius 2 is 2.04 bits per heavy atom. The molecule has 7 heteroatoms. The van der Waals surface area contributed by atoms with Gasteiger partial charge in [0.25, 0.3) is 0 Å². The second-order valence-electron chi connectivity index (χ2n) is 5.42. The Balaban J connectivity index is 2.18. The van der Waals surface area contributed by atoms with Crippen molar-refractivity contribution in [3.8, 4) is 0 Å². The molecule has 0 spiro atoms. The third kappa shape index (κ3) is 5.23. The first-order chi connectivity index (χ1) is 13.1. The van der Waals surface area contributed by atoms with Crippen LogP contribution in [-0.2, 0) is 4.79 Å². The molecule has 0 unspecified atom stereocenters. The molecule has 0 aliphatic rings. The van der Waals surface area contributed by atoms with Crippen LogP contribution >= 0.6 is 0 Å². The summed E-state index contributed by atoms with van der Waals surface area (Å²) in [6.45, 7) is 0. The number of benzene rings is 1. The maximum absolute atomic E-state index is 12.2. The number of hydrogen-bond acceptors (Lipinski definition) is 6. The highest BCUT2D eigenvalue weighted by Crippen LogP contribution is 2.18. The van der Waals surface area contributed by atoms with Crippen molar-refractivity contribution in [3.05, 3.63) is 77.8 Å². The lowest BCUT2D eigenvalue weighted by molar-refractivity contribution is -0.111. The fourth-order valence-corrected chi connectivity index (χ4v) is 2.33. The zero-order valence-electron chi connectivity index (χ0n) is 14.5. The van der Waals surface area contributed by atoms with E-state index < -0.39 is 0 Å². The number of amides is 1. The van der Waals surface area contributed by atoms with Gasteiger partial charge in [0.05, 0.1) is 0 Å². The lowest BCUT2D eigenvalue weighted by Gasteiger charge is -2.07. The summed E-state index contributed by atoms with van der Waals surface area (Å²) in [5.74, 6) is -0.329. The Hall–Kier alpha value is -4.00. The van der Waals surface area contributed by atoms with Crippen molar-refractivity contribution in [2.24, 2.45) is 11.5 Å². The molecule has 1 aromatic heterocycles. The van der Waals surface area contributed by atoms with E-state index >= 15 is 0 Å². The molecule has 0 atom stereocenters. The van der Waals surface area contributed by atoms with Crippen molar-refractivity contribution >= 4 is 41.4 Å². The molecular formula is C20H20N6O. The molecule has 7 nitrogen and oxygen atoms in total. The molecule has 0 bridgehead atoms. The first kappa shape index (κ1) is 19.3. The van der Waals surface area contributed by atoms with E-state index in [0.29, 0.717) is 33.6 Å². The summed E-state index contributed by atoms with van der Waals surface area (Å²) >= 11 is 0. The van der Waals surface area contributed by atoms with Crippen molar-refractivity contribution < 1.29 is 4.79 Å². The van der Waals surface area contributed by atoms with E-state index in [4.69, 9.17) is 22.3 Å². The van der Waals surface area contributed by atoms with E-state index in [9.17, 15) is 4.79 Å². The molecule has 0 aliphatic carbocycles. The zero-order valence-corrected chi connectivity index (χ0v) is 14.5. The molecular weight excluding hydrogens is 340 g/mol. The highest BCUT2D eigenvalue weighted by atomic mass is 16.1. The maximum atomic E-state index is 12.2. The quantitative estimate of drug-likeness (QED) is 0.382. The molecule has 1 heterocycles. The van der Waals surface area contributed by atoms with Gasteiger partial charge in [0.1, 0.15) is 0 Å². The predicted octanol–water partition coefficient (Wildman–Crippen LogP) is 2.63. The van der Waals surface area contributed by atoms with Gasteiger partial charge < -0.3 is 27.6 Å². The van der Waals surface area contributed by atoms with Crippen LogP contribution in [0.15, 0.2) is 61.1 Å². The Bertz CT molecular complexity index is 943. The third-order valence-electron chi connectivity index (χ3n) is 3.64. The second-order valence-corrected chi connectivity index (χ2v) is 5.42. The summed E-state index contributed by atoms with van der Waals surface area (Å²) in [6, 6.07) is 8.75. The van der Waals surface area contributed by atoms with Crippen LogP contribution < -0.4 is 16.8 Å². The number of aromatic nitrogens is 1. The van der Waals surface area contributed by atoms with Crippen molar-refractivity contribution in [2.45, 2.75) is 0 Å². The molecule has 0 saturated carbocycles. The number of carbonyl (C=O) groups excluding carboxylic acids is 1. The average Bonchev–Trinajstić information content (AvgIpc) is 2.68. The number of nitrogens with two attached hydrogens (primary N) is 2. The fourth-order valence-electron chi connectivity index (χ4n) is 2.33. The minimum absolute atomic E-state index is 0.329. The smallest absolute Gasteiger partial charge is 0.248 e. The summed E-state index contributed by atoms with van der Waals surface area (Å²) < 4.78 is 0. The highest BCUT2D eigenvalue weighted by molar-refractivity contribution is 6.10. The maximum Gasteiger partial charge on any atom is 0.248 e. The van der Waals surface area contributed by atoms with Crippen molar-refractivity contribution in [1.29, 1.82) is 10.8 Å². The summed E-state index contributed by atoms with van der Waals surface area (Å²) in [5.41, 5.74) is 15.0. The molecule has 2 rings (SSSR count). The summed E-state index contributed by atoms with van der Waals surface area (Å²) in [5, 5.41) is 17.2. The number of hydrogen-bond donors (Lipinski definition) is 5. The van der Waals surface area contributed by atoms with Crippen LogP contribution in [0, 0.1) is 10.8 Å². The van der Waals surface area contributed by atoms with Crippen molar-refractivity contribution in [2.75, 3.05) is 5.32 Å². The number of pyridine rings is 1. The van der Waals surface area contributed by atoms with E-state index in [0.717, 1.165) is 12.4 Å². The van der Waals surface area contributed by atoms with Crippen LogP contribution in [0.3, 0.4) is 0 Å². The van der Waals surface area contributed by atoms with Gasteiger partial charge in [-0.05, 0) is 41.5 Å². The molecule has 2 aromatic rings. The van der Waals surface area contributed by atoms with Gasteiger partial charge in [-0.3, -0.25) is 9.78 Å². The van der Waals surface area contributed by atoms with Gasteiger partial charge in [-0.25, -0.2) is 0 Å². The Kier molecular flexibility index (Phi) is 6.78. The zero-order chi connectivity index (χ0) is 19.6. The van der Waals surface area contributed by atoms with Crippen molar-refractivity contribution in [3.63, 3.8) is 0 Å². The van der Waals surface area contributed by atoms with Gasteiger partial charge >= 0.3 is 0 Å². The molecule has 1 amide bonds. The number of nitrogens with zero attached hydrogens (tertiary/aromatic N) is 1. The highest BCUT2D eigenvalue weighted by Gasteiger charge is 2.05. The van der Waals surface area contributed by atoms with Gasteiger partial charge in [0.15, 0.2) is 0 Å². The van der Waals surface area contributed by atoms with Gasteiger partial charge in [0, 0.05) is 59.6 Å². The first-order valence-corrected chi connectivity index (χ1v) is 8.01. The normalized spacial score (nSPS) is 12.0. The number of nitrogens with one attached hydrogen (secondary N) is 3. The minimum Gasteiger partial charge on any atom is -0.404 e. The van der Waals surface area contributed by atoms with Crippen LogP contribution in [0.25, 0.3) is 17.3 Å². The lowest BCUT2D eigenvalue weighted by atomic mass is 10.0. The largest absolute Gasteiger partial charge is 0.404 e. The SMILES string of the molecule is N=CC=C(N)c1cccc(NC(=O)/C=C/c2cnccc2C(C=N)=CN)c1. The average molecular weight is 360 g/mol. The van der Waals surface area contributed by atoms with Gasteiger partial charge in [-0.1, -0.05) is 12.1 Å². The first-order valence-electron chi connectivity index (χ1n) is 8.01.